The molecule has 1 fully saturated rings. The molecule has 0 spiro atoms. The fraction of sp³-hybridized carbons (Fsp3) is 0.357. The highest BCUT2D eigenvalue weighted by molar-refractivity contribution is 6.99. The Hall–Kier alpha value is -4.49. The molecule has 12 heteroatoms. The third-order valence-corrected chi connectivity index (χ3v) is 16.2. The summed E-state index contributed by atoms with van der Waals surface area (Å²) in [6.07, 6.45) is -2.09. The summed E-state index contributed by atoms with van der Waals surface area (Å²) in [5.41, 5.74) is 1.51. The molecule has 3 atom stereocenters. The molecule has 1 unspecified atom stereocenters. The first-order chi connectivity index (χ1) is 25.6. The van der Waals surface area contributed by atoms with E-state index in [2.05, 4.69) is 4.98 Å². The molecule has 1 saturated heterocycles. The minimum absolute atomic E-state index is 0.0267. The van der Waals surface area contributed by atoms with Gasteiger partial charge in [0.25, 0.3) is 14.2 Å². The molecular formula is C42H45F4N3O4Si. The summed E-state index contributed by atoms with van der Waals surface area (Å²) in [4.78, 5) is 17.1. The van der Waals surface area contributed by atoms with E-state index in [1.807, 2.05) is 106 Å². The lowest BCUT2D eigenvalue weighted by Crippen LogP contribution is -2.67. The molecule has 1 amide bonds. The molecule has 0 radical (unpaired) electrons. The highest BCUT2D eigenvalue weighted by atomic mass is 28.4. The molecule has 7 rings (SSSR count). The van der Waals surface area contributed by atoms with Crippen molar-refractivity contribution in [3.8, 4) is 0 Å². The van der Waals surface area contributed by atoms with Gasteiger partial charge >= 0.3 is 6.09 Å². The molecule has 0 saturated carbocycles. The second kappa shape index (κ2) is 14.3. The molecule has 7 nitrogen and oxygen atoms in total. The number of alkyl halides is 2. The van der Waals surface area contributed by atoms with Gasteiger partial charge < -0.3 is 24.5 Å². The topological polar surface area (TPSA) is 89.0 Å². The lowest BCUT2D eigenvalue weighted by Gasteiger charge is -2.45. The number of nitrogens with zero attached hydrogens (tertiary/aromatic N) is 2. The van der Waals surface area contributed by atoms with Crippen LogP contribution in [0.4, 0.5) is 22.4 Å². The van der Waals surface area contributed by atoms with E-state index in [4.69, 9.17) is 4.43 Å². The van der Waals surface area contributed by atoms with Crippen molar-refractivity contribution in [3.63, 3.8) is 0 Å². The van der Waals surface area contributed by atoms with Crippen LogP contribution in [-0.2, 0) is 10.8 Å². The molecule has 2 aliphatic heterocycles. The van der Waals surface area contributed by atoms with Gasteiger partial charge in [-0.15, -0.1) is 0 Å². The van der Waals surface area contributed by atoms with Gasteiger partial charge in [0, 0.05) is 47.2 Å². The van der Waals surface area contributed by atoms with Crippen molar-refractivity contribution in [1.29, 1.82) is 0 Å². The number of fused-ring (bicyclic) bond motifs is 3. The third-order valence-electron chi connectivity index (χ3n) is 11.2. The minimum atomic E-state index is -3.45. The van der Waals surface area contributed by atoms with E-state index in [-0.39, 0.29) is 18.7 Å². The fourth-order valence-corrected chi connectivity index (χ4v) is 13.1. The van der Waals surface area contributed by atoms with Crippen LogP contribution in [0.2, 0.25) is 5.04 Å². The first-order valence-electron chi connectivity index (χ1n) is 18.2. The number of aromatic amines is 1. The minimum Gasteiger partial charge on any atom is -0.465 e. The van der Waals surface area contributed by atoms with Crippen molar-refractivity contribution < 1.29 is 37.0 Å². The molecule has 4 aromatic carbocycles. The van der Waals surface area contributed by atoms with Crippen molar-refractivity contribution in [3.05, 3.63) is 131 Å². The van der Waals surface area contributed by atoms with E-state index in [0.717, 1.165) is 43.9 Å². The summed E-state index contributed by atoms with van der Waals surface area (Å²) in [6, 6.07) is 26.7. The van der Waals surface area contributed by atoms with Crippen molar-refractivity contribution in [1.82, 2.24) is 14.8 Å². The number of H-pyrrole nitrogens is 1. The molecule has 2 aliphatic rings. The Kier molecular flexibility index (Phi) is 10.0. The Morgan fingerprint density at radius 2 is 1.48 bits per heavy atom. The molecule has 3 N–H and O–H groups in total. The van der Waals surface area contributed by atoms with Crippen molar-refractivity contribution >= 4 is 35.7 Å². The van der Waals surface area contributed by atoms with E-state index in [1.165, 1.54) is 4.90 Å². The maximum atomic E-state index is 16.8. The van der Waals surface area contributed by atoms with E-state index < -0.39 is 79.8 Å². The predicted octanol–water partition coefficient (Wildman–Crippen LogP) is 7.64. The van der Waals surface area contributed by atoms with Crippen LogP contribution < -0.4 is 10.4 Å². The normalized spacial score (nSPS) is 19.1. The number of rotatable bonds is 10. The molecule has 1 aromatic heterocycles. The standard InChI is InChI=1S/C42H45F4N3O4Si/c1-26-19-32-31-17-11-12-18-35(31)47-37(32)38(36-33(43)20-27(21-34(36)44)39(50)28-22-48(23-28)40(51)52)49(26)24-42(45,46)25-53-54(41(2,3)4,29-13-7-5-8-14-29)30-15-9-6-10-16-30/h5-18,20-21,26,28,38-39,47,50H,19,22-25H2,1-4H3,(H,51,52)/t26-,38-,39?/m1/s1. The Morgan fingerprint density at radius 3 is 2.04 bits per heavy atom. The molecule has 3 heterocycles. The van der Waals surface area contributed by atoms with Gasteiger partial charge in [-0.05, 0) is 58.1 Å². The van der Waals surface area contributed by atoms with Gasteiger partial charge in [-0.1, -0.05) is 99.6 Å². The number of hydrogen-bond acceptors (Lipinski definition) is 4. The third kappa shape index (κ3) is 6.74. The number of nitrogens with one attached hydrogen (secondary N) is 1. The number of hydrogen-bond donors (Lipinski definition) is 3. The van der Waals surface area contributed by atoms with Crippen LogP contribution in [0.25, 0.3) is 10.9 Å². The summed E-state index contributed by atoms with van der Waals surface area (Å²) >= 11 is 0. The first kappa shape index (κ1) is 37.8. The van der Waals surface area contributed by atoms with E-state index in [0.29, 0.717) is 12.1 Å². The molecular weight excluding hydrogens is 715 g/mol. The van der Waals surface area contributed by atoms with Crippen molar-refractivity contribution in [2.45, 2.75) is 63.3 Å². The highest BCUT2D eigenvalue weighted by Gasteiger charge is 2.53. The van der Waals surface area contributed by atoms with Crippen LogP contribution in [0, 0.1) is 17.6 Å². The largest absolute Gasteiger partial charge is 0.465 e. The molecule has 284 valence electrons. The van der Waals surface area contributed by atoms with E-state index >= 15 is 17.6 Å². The number of amides is 1. The molecule has 0 bridgehead atoms. The fourth-order valence-electron chi connectivity index (χ4n) is 8.53. The summed E-state index contributed by atoms with van der Waals surface area (Å²) in [7, 11) is -3.34. The van der Waals surface area contributed by atoms with Crippen LogP contribution in [0.5, 0.6) is 0 Å². The van der Waals surface area contributed by atoms with E-state index in [1.54, 1.807) is 6.92 Å². The molecule has 0 aliphatic carbocycles. The van der Waals surface area contributed by atoms with Crippen LogP contribution in [0.3, 0.4) is 0 Å². The second-order valence-electron chi connectivity index (χ2n) is 15.8. The van der Waals surface area contributed by atoms with Gasteiger partial charge in [-0.2, -0.15) is 0 Å². The van der Waals surface area contributed by atoms with Crippen LogP contribution in [0.1, 0.15) is 62.2 Å². The Bertz CT molecular complexity index is 2070. The zero-order valence-electron chi connectivity index (χ0n) is 30.7. The number of halogens is 4. The van der Waals surface area contributed by atoms with Crippen molar-refractivity contribution in [2.75, 3.05) is 26.2 Å². The Balaban J connectivity index is 1.26. The average molecular weight is 760 g/mol. The monoisotopic (exact) mass is 759 g/mol. The van der Waals surface area contributed by atoms with Crippen molar-refractivity contribution in [2.24, 2.45) is 5.92 Å². The number of carboxylic acid groups (broad SMARTS) is 1. The number of likely N-dealkylation sites (tertiary alicyclic amines) is 1. The smallest absolute Gasteiger partial charge is 0.407 e. The number of carbonyl (C=O) groups is 1. The number of benzene rings is 4. The lowest BCUT2D eigenvalue weighted by molar-refractivity contribution is -0.0825. The average Bonchev–Trinajstić information content (AvgIpc) is 3.46. The SMILES string of the molecule is C[C@@H]1Cc2c([nH]c3ccccc23)[C@@H](c2c(F)cc(C(O)C3CN(C(=O)O)C3)cc2F)N1CC(F)(F)CO[Si](c1ccccc1)(c1ccccc1)C(C)(C)C. The van der Waals surface area contributed by atoms with Crippen LogP contribution in [-0.4, -0.2) is 77.6 Å². The van der Waals surface area contributed by atoms with Crippen LogP contribution in [0.15, 0.2) is 97.1 Å². The Morgan fingerprint density at radius 1 is 0.926 bits per heavy atom. The van der Waals surface area contributed by atoms with Gasteiger partial charge in [0.15, 0.2) is 0 Å². The van der Waals surface area contributed by atoms with Crippen LogP contribution >= 0.6 is 0 Å². The summed E-state index contributed by atoms with van der Waals surface area (Å²) in [5, 5.41) is 22.2. The van der Waals surface area contributed by atoms with E-state index in [9.17, 15) is 15.0 Å². The van der Waals surface area contributed by atoms with Gasteiger partial charge in [0.2, 0.25) is 0 Å². The quantitative estimate of drug-likeness (QED) is 0.101. The number of para-hydroxylation sites is 1. The molecule has 54 heavy (non-hydrogen) atoms. The Labute approximate surface area is 313 Å². The molecule has 5 aromatic rings. The number of aliphatic hydroxyl groups excluding tert-OH is 1. The maximum Gasteiger partial charge on any atom is 0.407 e. The first-order valence-corrected chi connectivity index (χ1v) is 20.1. The lowest BCUT2D eigenvalue weighted by atomic mass is 9.85. The zero-order valence-corrected chi connectivity index (χ0v) is 31.7. The summed E-state index contributed by atoms with van der Waals surface area (Å²) < 4.78 is 73.1. The number of aliphatic hydroxyl groups is 1. The summed E-state index contributed by atoms with van der Waals surface area (Å²) in [5.74, 6) is -5.96. The van der Waals surface area contributed by atoms with Gasteiger partial charge in [0.1, 0.15) is 11.6 Å². The van der Waals surface area contributed by atoms with Gasteiger partial charge in [-0.3, -0.25) is 4.90 Å². The predicted molar refractivity (Wildman–Crippen MR) is 203 cm³/mol. The second-order valence-corrected chi connectivity index (χ2v) is 20.1. The number of aromatic nitrogens is 1. The maximum absolute atomic E-state index is 16.8. The summed E-state index contributed by atoms with van der Waals surface area (Å²) in [6.45, 7) is 6.11. The van der Waals surface area contributed by atoms with Gasteiger partial charge in [0.05, 0.1) is 25.3 Å². The van der Waals surface area contributed by atoms with Gasteiger partial charge in [-0.25, -0.2) is 22.4 Å². The highest BCUT2D eigenvalue weighted by Crippen LogP contribution is 2.45. The zero-order chi connectivity index (χ0) is 38.6.